The summed E-state index contributed by atoms with van der Waals surface area (Å²) in [6.45, 7) is 9.13. The number of aliphatic imine (C=N–C) groups is 1. The molecule has 1 aliphatic carbocycles. The zero-order valence-electron chi connectivity index (χ0n) is 16.5. The first-order chi connectivity index (χ1) is 11.6. The van der Waals surface area contributed by atoms with Crippen molar-refractivity contribution in [3.05, 3.63) is 0 Å². The third-order valence-corrected chi connectivity index (χ3v) is 5.65. The summed E-state index contributed by atoms with van der Waals surface area (Å²) < 4.78 is 5.29. The summed E-state index contributed by atoms with van der Waals surface area (Å²) >= 11 is 0. The van der Waals surface area contributed by atoms with Gasteiger partial charge in [-0.2, -0.15) is 0 Å². The highest BCUT2D eigenvalue weighted by atomic mass is 127. The molecule has 2 fully saturated rings. The van der Waals surface area contributed by atoms with E-state index in [-0.39, 0.29) is 24.0 Å². The molecule has 0 aromatic carbocycles. The topological polar surface area (TPSA) is 52.1 Å². The number of methoxy groups -OCH3 is 1. The molecule has 1 saturated carbocycles. The lowest BCUT2D eigenvalue weighted by atomic mass is 9.67. The minimum Gasteiger partial charge on any atom is -0.385 e. The van der Waals surface area contributed by atoms with E-state index in [1.165, 1.54) is 19.3 Å². The number of hydrogen-bond acceptors (Lipinski definition) is 4. The number of piperazine rings is 1. The second-order valence-electron chi connectivity index (χ2n) is 7.57. The van der Waals surface area contributed by atoms with Gasteiger partial charge >= 0.3 is 0 Å². The molecule has 2 N–H and O–H groups in total. The zero-order valence-corrected chi connectivity index (χ0v) is 18.8. The molecule has 0 radical (unpaired) electrons. The van der Waals surface area contributed by atoms with E-state index >= 15 is 0 Å². The average molecular weight is 467 g/mol. The fourth-order valence-electron chi connectivity index (χ4n) is 3.61. The van der Waals surface area contributed by atoms with Crippen LogP contribution in [0, 0.1) is 5.41 Å². The van der Waals surface area contributed by atoms with Gasteiger partial charge in [-0.25, -0.2) is 0 Å². The number of guanidine groups is 1. The molecule has 7 heteroatoms. The van der Waals surface area contributed by atoms with Crippen LogP contribution >= 0.6 is 24.0 Å². The van der Waals surface area contributed by atoms with Crippen LogP contribution in [-0.2, 0) is 4.74 Å². The van der Waals surface area contributed by atoms with Gasteiger partial charge in [-0.1, -0.05) is 6.42 Å². The van der Waals surface area contributed by atoms with Crippen LogP contribution < -0.4 is 10.6 Å². The fraction of sp³-hybridized carbons (Fsp3) is 0.944. The van der Waals surface area contributed by atoms with Crippen LogP contribution in [0.3, 0.4) is 0 Å². The molecule has 0 amide bonds. The van der Waals surface area contributed by atoms with Gasteiger partial charge < -0.3 is 20.3 Å². The normalized spacial score (nSPS) is 24.3. The highest BCUT2D eigenvalue weighted by molar-refractivity contribution is 14.0. The maximum absolute atomic E-state index is 5.29. The highest BCUT2D eigenvalue weighted by Crippen LogP contribution is 2.44. The second-order valence-corrected chi connectivity index (χ2v) is 7.57. The molecule has 25 heavy (non-hydrogen) atoms. The lowest BCUT2D eigenvalue weighted by molar-refractivity contribution is 0.0778. The zero-order chi connectivity index (χ0) is 17.4. The smallest absolute Gasteiger partial charge is 0.191 e. The lowest BCUT2D eigenvalue weighted by Crippen LogP contribution is -2.55. The molecule has 1 aliphatic heterocycles. The molecule has 148 valence electrons. The summed E-state index contributed by atoms with van der Waals surface area (Å²) in [7, 11) is 6.21. The minimum atomic E-state index is 0. The van der Waals surface area contributed by atoms with Gasteiger partial charge in [-0.15, -0.1) is 24.0 Å². The van der Waals surface area contributed by atoms with Gasteiger partial charge in [0.1, 0.15) is 0 Å². The Morgan fingerprint density at radius 1 is 1.24 bits per heavy atom. The Labute approximate surface area is 171 Å². The van der Waals surface area contributed by atoms with Crippen molar-refractivity contribution in [3.8, 4) is 0 Å². The number of hydrogen-bond donors (Lipinski definition) is 2. The molecule has 0 bridgehead atoms. The Morgan fingerprint density at radius 2 is 2.00 bits per heavy atom. The predicted octanol–water partition coefficient (Wildman–Crippen LogP) is 1.61. The van der Waals surface area contributed by atoms with Crippen molar-refractivity contribution >= 4 is 29.9 Å². The van der Waals surface area contributed by atoms with E-state index in [0.717, 1.165) is 58.3 Å². The number of halogens is 1. The Kier molecular flexibility index (Phi) is 10.6. The van der Waals surface area contributed by atoms with Crippen molar-refractivity contribution in [2.24, 2.45) is 10.4 Å². The Morgan fingerprint density at radius 3 is 2.60 bits per heavy atom. The molecule has 6 nitrogen and oxygen atoms in total. The number of likely N-dealkylation sites (N-methyl/N-ethyl adjacent to an activating group) is 2. The van der Waals surface area contributed by atoms with Crippen molar-refractivity contribution in [2.75, 3.05) is 67.1 Å². The molecular weight excluding hydrogens is 429 g/mol. The Hall–Kier alpha value is -0.120. The summed E-state index contributed by atoms with van der Waals surface area (Å²) in [6.07, 6.45) is 5.04. The van der Waals surface area contributed by atoms with Gasteiger partial charge in [0.2, 0.25) is 0 Å². The van der Waals surface area contributed by atoms with Gasteiger partial charge in [0.05, 0.1) is 0 Å². The standard InChI is InChI=1S/C18H37N5O.HI/c1-5-19-17(20-13-16-14-22(2)10-11-23(16)3)21-15-18(7-6-8-18)9-12-24-4;/h16H,5-15H2,1-4H3,(H2,19,20,21);1H. The third-order valence-electron chi connectivity index (χ3n) is 5.65. The number of nitrogens with zero attached hydrogens (tertiary/aromatic N) is 3. The maximum atomic E-state index is 5.29. The van der Waals surface area contributed by atoms with Crippen LogP contribution in [0.1, 0.15) is 32.6 Å². The minimum absolute atomic E-state index is 0. The van der Waals surface area contributed by atoms with Gasteiger partial charge in [0.25, 0.3) is 0 Å². The summed E-state index contributed by atoms with van der Waals surface area (Å²) in [5, 5.41) is 6.96. The molecule has 0 aromatic heterocycles. The van der Waals surface area contributed by atoms with E-state index in [1.54, 1.807) is 7.11 Å². The van der Waals surface area contributed by atoms with Crippen molar-refractivity contribution in [2.45, 2.75) is 38.6 Å². The van der Waals surface area contributed by atoms with Crippen LogP contribution in [0.4, 0.5) is 0 Å². The molecule has 1 saturated heterocycles. The van der Waals surface area contributed by atoms with Crippen LogP contribution in [0.15, 0.2) is 4.99 Å². The lowest BCUT2D eigenvalue weighted by Gasteiger charge is -2.41. The second kappa shape index (κ2) is 11.6. The van der Waals surface area contributed by atoms with Crippen LogP contribution in [-0.4, -0.2) is 88.9 Å². The first-order valence-corrected chi connectivity index (χ1v) is 9.48. The summed E-state index contributed by atoms with van der Waals surface area (Å²) in [5.41, 5.74) is 0.375. The molecule has 1 atom stereocenters. The summed E-state index contributed by atoms with van der Waals surface area (Å²) in [6, 6.07) is 0.541. The molecule has 1 unspecified atom stereocenters. The molecule has 0 spiro atoms. The van der Waals surface area contributed by atoms with E-state index < -0.39 is 0 Å². The number of ether oxygens (including phenoxy) is 1. The van der Waals surface area contributed by atoms with Gasteiger partial charge in [-0.05, 0) is 45.7 Å². The molecular formula is C18H38IN5O. The van der Waals surface area contributed by atoms with Gasteiger partial charge in [-0.3, -0.25) is 9.89 Å². The summed E-state index contributed by atoms with van der Waals surface area (Å²) in [4.78, 5) is 9.75. The van der Waals surface area contributed by atoms with Crippen molar-refractivity contribution in [1.82, 2.24) is 20.4 Å². The third kappa shape index (κ3) is 7.19. The maximum Gasteiger partial charge on any atom is 0.191 e. The monoisotopic (exact) mass is 467 g/mol. The quantitative estimate of drug-likeness (QED) is 0.323. The van der Waals surface area contributed by atoms with E-state index in [0.29, 0.717) is 11.5 Å². The van der Waals surface area contributed by atoms with Gasteiger partial charge in [0, 0.05) is 59.0 Å². The van der Waals surface area contributed by atoms with E-state index in [2.05, 4.69) is 41.5 Å². The largest absolute Gasteiger partial charge is 0.385 e. The van der Waals surface area contributed by atoms with E-state index in [4.69, 9.17) is 9.73 Å². The molecule has 0 aromatic rings. The number of rotatable bonds is 8. The van der Waals surface area contributed by atoms with Crippen molar-refractivity contribution in [3.63, 3.8) is 0 Å². The molecule has 2 rings (SSSR count). The SMILES string of the molecule is CCNC(=NCC1(CCOC)CCC1)NCC1CN(C)CCN1C.I. The Balaban J connectivity index is 0.00000312. The predicted molar refractivity (Wildman–Crippen MR) is 116 cm³/mol. The van der Waals surface area contributed by atoms with Gasteiger partial charge in [0.15, 0.2) is 5.96 Å². The molecule has 1 heterocycles. The van der Waals surface area contributed by atoms with Crippen molar-refractivity contribution < 1.29 is 4.74 Å². The van der Waals surface area contributed by atoms with E-state index in [9.17, 15) is 0 Å². The summed E-state index contributed by atoms with van der Waals surface area (Å²) in [5.74, 6) is 0.961. The average Bonchev–Trinajstić information content (AvgIpc) is 2.54. The van der Waals surface area contributed by atoms with E-state index in [1.807, 2.05) is 0 Å². The molecule has 2 aliphatic rings. The first-order valence-electron chi connectivity index (χ1n) is 9.48. The van der Waals surface area contributed by atoms with Crippen LogP contribution in [0.5, 0.6) is 0 Å². The number of nitrogens with one attached hydrogen (secondary N) is 2. The van der Waals surface area contributed by atoms with Crippen LogP contribution in [0.25, 0.3) is 0 Å². The first kappa shape index (κ1) is 22.9. The van der Waals surface area contributed by atoms with Crippen molar-refractivity contribution in [1.29, 1.82) is 0 Å². The van der Waals surface area contributed by atoms with Crippen LogP contribution in [0.2, 0.25) is 0 Å². The Bertz CT molecular complexity index is 403. The highest BCUT2D eigenvalue weighted by Gasteiger charge is 2.36. The fourth-order valence-corrected chi connectivity index (χ4v) is 3.61.